The molecular weight excluding hydrogens is 546 g/mol. The summed E-state index contributed by atoms with van der Waals surface area (Å²) in [6.45, 7) is 4.04. The van der Waals surface area contributed by atoms with Crippen molar-refractivity contribution < 1.29 is 18.0 Å². The fourth-order valence-electron chi connectivity index (χ4n) is 4.35. The topological polar surface area (TPSA) is 121 Å². The number of hydrogen-bond acceptors (Lipinski definition) is 7. The maximum atomic E-state index is 12.9. The lowest BCUT2D eigenvalue weighted by atomic mass is 10.1. The van der Waals surface area contributed by atoms with Gasteiger partial charge in [0.15, 0.2) is 0 Å². The van der Waals surface area contributed by atoms with E-state index in [1.807, 2.05) is 47.4 Å². The van der Waals surface area contributed by atoms with E-state index in [-0.39, 0.29) is 28.0 Å². The third kappa shape index (κ3) is 6.32. The van der Waals surface area contributed by atoms with Crippen LogP contribution in [0, 0.1) is 13.8 Å². The summed E-state index contributed by atoms with van der Waals surface area (Å²) in [4.78, 5) is 35.5. The predicted octanol–water partition coefficient (Wildman–Crippen LogP) is 4.92. The molecule has 1 atom stereocenters. The Hall–Kier alpha value is -4.22. The summed E-state index contributed by atoms with van der Waals surface area (Å²) in [6.07, 6.45) is 0. The van der Waals surface area contributed by atoms with E-state index in [4.69, 9.17) is 0 Å². The average Bonchev–Trinajstić information content (AvgIpc) is 3.28. The van der Waals surface area contributed by atoms with Crippen LogP contribution < -0.4 is 10.0 Å². The maximum absolute atomic E-state index is 12.9. The van der Waals surface area contributed by atoms with Crippen LogP contribution in [0.4, 0.5) is 11.6 Å². The third-order valence-electron chi connectivity index (χ3n) is 6.25. The highest BCUT2D eigenvalue weighted by Crippen LogP contribution is 2.39. The van der Waals surface area contributed by atoms with Gasteiger partial charge >= 0.3 is 0 Å². The number of nitrogens with zero attached hydrogens (tertiary/aromatic N) is 3. The van der Waals surface area contributed by atoms with E-state index in [1.54, 1.807) is 43.8 Å². The minimum absolute atomic E-state index is 0.00174. The summed E-state index contributed by atoms with van der Waals surface area (Å²) in [5.74, 6) is 0.170. The highest BCUT2D eigenvalue weighted by molar-refractivity contribution is 8.00. The number of sulfonamides is 1. The molecule has 9 nitrogen and oxygen atoms in total. The molecule has 1 fully saturated rings. The summed E-state index contributed by atoms with van der Waals surface area (Å²) in [7, 11) is -3.90. The maximum Gasteiger partial charge on any atom is 0.264 e. The Balaban J connectivity index is 1.23. The van der Waals surface area contributed by atoms with Crippen molar-refractivity contribution in [3.8, 4) is 0 Å². The predicted molar refractivity (Wildman–Crippen MR) is 155 cm³/mol. The smallest absolute Gasteiger partial charge is 0.264 e. The van der Waals surface area contributed by atoms with Gasteiger partial charge in [0.05, 0.1) is 10.6 Å². The number of amides is 2. The lowest BCUT2D eigenvalue weighted by Gasteiger charge is -2.24. The van der Waals surface area contributed by atoms with Crippen LogP contribution in [0.15, 0.2) is 89.8 Å². The van der Waals surface area contributed by atoms with E-state index in [1.165, 1.54) is 24.3 Å². The van der Waals surface area contributed by atoms with Crippen molar-refractivity contribution in [1.82, 2.24) is 14.9 Å². The minimum atomic E-state index is -3.90. The molecule has 2 N–H and O–H groups in total. The van der Waals surface area contributed by atoms with Crippen LogP contribution in [0.2, 0.25) is 0 Å². The molecule has 3 aromatic carbocycles. The van der Waals surface area contributed by atoms with Gasteiger partial charge < -0.3 is 10.2 Å². The molecule has 2 heterocycles. The number of nitrogens with one attached hydrogen (secondary N) is 2. The van der Waals surface area contributed by atoms with Crippen molar-refractivity contribution >= 4 is 45.2 Å². The SMILES string of the molecule is Cc1cc(C)nc(NS(=O)(=O)c2ccc(NC(=O)c3ccc([C@H]4SCC(=O)N4Cc4ccccc4)cc3)cc2)n1. The highest BCUT2D eigenvalue weighted by Gasteiger charge is 2.32. The second-order valence-electron chi connectivity index (χ2n) is 9.35. The Morgan fingerprint density at radius 3 is 2.25 bits per heavy atom. The quantitative estimate of drug-likeness (QED) is 0.307. The molecule has 1 aliphatic rings. The van der Waals surface area contributed by atoms with E-state index < -0.39 is 10.0 Å². The molecule has 0 bridgehead atoms. The van der Waals surface area contributed by atoms with Gasteiger partial charge in [-0.1, -0.05) is 42.5 Å². The molecule has 0 unspecified atom stereocenters. The number of carbonyl (C=O) groups is 2. The van der Waals surface area contributed by atoms with Gasteiger partial charge in [-0.2, -0.15) is 0 Å². The van der Waals surface area contributed by atoms with E-state index >= 15 is 0 Å². The van der Waals surface area contributed by atoms with Crippen LogP contribution in [-0.4, -0.2) is 40.9 Å². The molecule has 0 radical (unpaired) electrons. The van der Waals surface area contributed by atoms with Gasteiger partial charge in [0.1, 0.15) is 5.37 Å². The van der Waals surface area contributed by atoms with E-state index in [0.717, 1.165) is 11.1 Å². The number of thioether (sulfide) groups is 1. The van der Waals surface area contributed by atoms with Crippen molar-refractivity contribution in [3.63, 3.8) is 0 Å². The molecule has 0 saturated carbocycles. The normalized spacial score (nSPS) is 15.2. The Labute approximate surface area is 237 Å². The molecule has 11 heteroatoms. The number of anilines is 2. The zero-order chi connectivity index (χ0) is 28.3. The summed E-state index contributed by atoms with van der Waals surface area (Å²) >= 11 is 1.57. The molecule has 2 amide bonds. The molecule has 40 heavy (non-hydrogen) atoms. The standard InChI is InChI=1S/C29H27N5O4S2/c1-19-16-20(2)31-29(30-19)33-40(37,38)25-14-12-24(13-15-25)32-27(36)22-8-10-23(11-9-22)28-34(26(35)18-39-28)17-21-6-4-3-5-7-21/h3-16,28H,17-18H2,1-2H3,(H,32,36)(H,30,31,33)/t28-/m1/s1. The van der Waals surface area contributed by atoms with Crippen LogP contribution in [-0.2, 0) is 21.4 Å². The second kappa shape index (κ2) is 11.5. The van der Waals surface area contributed by atoms with Crippen molar-refractivity contribution in [1.29, 1.82) is 0 Å². The monoisotopic (exact) mass is 573 g/mol. The Bertz CT molecular complexity index is 1620. The molecule has 1 saturated heterocycles. The Morgan fingerprint density at radius 1 is 0.950 bits per heavy atom. The average molecular weight is 574 g/mol. The highest BCUT2D eigenvalue weighted by atomic mass is 32.2. The fraction of sp³-hybridized carbons (Fsp3) is 0.172. The van der Waals surface area contributed by atoms with Crippen molar-refractivity contribution in [2.45, 2.75) is 30.7 Å². The van der Waals surface area contributed by atoms with E-state index in [0.29, 0.717) is 34.9 Å². The van der Waals surface area contributed by atoms with Crippen molar-refractivity contribution in [2.24, 2.45) is 0 Å². The molecule has 1 aromatic heterocycles. The number of aryl methyl sites for hydroxylation is 2. The number of aromatic nitrogens is 2. The van der Waals surface area contributed by atoms with Gasteiger partial charge in [-0.25, -0.2) is 23.1 Å². The van der Waals surface area contributed by atoms with Gasteiger partial charge in [0.2, 0.25) is 11.9 Å². The molecule has 5 rings (SSSR count). The summed E-state index contributed by atoms with van der Waals surface area (Å²) in [5.41, 5.74) is 4.19. The van der Waals surface area contributed by atoms with Crippen LogP contribution in [0.25, 0.3) is 0 Å². The first-order chi connectivity index (χ1) is 19.2. The van der Waals surface area contributed by atoms with Gasteiger partial charge in [-0.15, -0.1) is 11.8 Å². The van der Waals surface area contributed by atoms with Crippen LogP contribution in [0.3, 0.4) is 0 Å². The zero-order valence-electron chi connectivity index (χ0n) is 21.9. The number of carbonyl (C=O) groups excluding carboxylic acids is 2. The molecule has 0 aliphatic carbocycles. The zero-order valence-corrected chi connectivity index (χ0v) is 23.5. The molecule has 4 aromatic rings. The number of hydrogen-bond donors (Lipinski definition) is 2. The first-order valence-corrected chi connectivity index (χ1v) is 15.0. The lowest BCUT2D eigenvalue weighted by Crippen LogP contribution is -2.27. The van der Waals surface area contributed by atoms with E-state index in [9.17, 15) is 18.0 Å². The molecule has 1 aliphatic heterocycles. The first-order valence-electron chi connectivity index (χ1n) is 12.5. The Kier molecular flexibility index (Phi) is 7.85. The van der Waals surface area contributed by atoms with Gasteiger partial charge in [0.25, 0.3) is 15.9 Å². The summed E-state index contributed by atoms with van der Waals surface area (Å²) in [6, 6.07) is 24.6. The number of rotatable bonds is 8. The van der Waals surface area contributed by atoms with Crippen LogP contribution >= 0.6 is 11.8 Å². The van der Waals surface area contributed by atoms with E-state index in [2.05, 4.69) is 20.0 Å². The molecule has 204 valence electrons. The minimum Gasteiger partial charge on any atom is -0.322 e. The van der Waals surface area contributed by atoms with Crippen molar-refractivity contribution in [3.05, 3.63) is 113 Å². The van der Waals surface area contributed by atoms with Crippen LogP contribution in [0.1, 0.15) is 38.2 Å². The third-order valence-corrected chi connectivity index (χ3v) is 8.85. The second-order valence-corrected chi connectivity index (χ2v) is 12.1. The molecule has 0 spiro atoms. The van der Waals surface area contributed by atoms with Gasteiger partial charge in [0, 0.05) is 29.2 Å². The largest absolute Gasteiger partial charge is 0.322 e. The number of benzene rings is 3. The lowest BCUT2D eigenvalue weighted by molar-refractivity contribution is -0.128. The summed E-state index contributed by atoms with van der Waals surface area (Å²) in [5, 5.41) is 2.67. The van der Waals surface area contributed by atoms with Gasteiger partial charge in [-0.05, 0) is 67.4 Å². The molecular formula is C29H27N5O4S2. The van der Waals surface area contributed by atoms with Crippen LogP contribution in [0.5, 0.6) is 0 Å². The van der Waals surface area contributed by atoms with Gasteiger partial charge in [-0.3, -0.25) is 9.59 Å². The Morgan fingerprint density at radius 2 is 1.60 bits per heavy atom. The fourth-order valence-corrected chi connectivity index (χ4v) is 6.48. The van der Waals surface area contributed by atoms with Crippen molar-refractivity contribution in [2.75, 3.05) is 15.8 Å². The first kappa shape index (κ1) is 27.4. The summed E-state index contributed by atoms with van der Waals surface area (Å²) < 4.78 is 27.9.